The number of amides is 2. The highest BCUT2D eigenvalue weighted by atomic mass is 35.5. The smallest absolute Gasteiger partial charge is 0.266 e. The molecule has 0 saturated carbocycles. The van der Waals surface area contributed by atoms with E-state index in [1.165, 1.54) is 12.4 Å². The summed E-state index contributed by atoms with van der Waals surface area (Å²) in [5.74, 6) is 0.00908. The molecule has 0 bridgehead atoms. The van der Waals surface area contributed by atoms with Crippen molar-refractivity contribution in [3.05, 3.63) is 106 Å². The average molecular weight is 531 g/mol. The molecule has 0 radical (unpaired) electrons. The van der Waals surface area contributed by atoms with Gasteiger partial charge in [0, 0.05) is 34.3 Å². The summed E-state index contributed by atoms with van der Waals surface area (Å²) >= 11 is 13.0. The molecule has 184 valence electrons. The van der Waals surface area contributed by atoms with Crippen LogP contribution in [-0.2, 0) is 0 Å². The monoisotopic (exact) mass is 530 g/mol. The first kappa shape index (κ1) is 24.6. The Morgan fingerprint density at radius 1 is 0.649 bits per heavy atom. The first-order chi connectivity index (χ1) is 18.0. The SMILES string of the molecule is COc1ccc(C(=O)N(C(=O)c2ccc(OC)c3ccccc23)c2c(Cl)cncc2Cl)c2ccccc12. The lowest BCUT2D eigenvalue weighted by molar-refractivity contribution is 0.0899. The molecule has 2 amide bonds. The maximum Gasteiger partial charge on any atom is 0.266 e. The van der Waals surface area contributed by atoms with Crippen LogP contribution in [0.5, 0.6) is 11.5 Å². The first-order valence-corrected chi connectivity index (χ1v) is 12.0. The van der Waals surface area contributed by atoms with E-state index in [1.807, 2.05) is 36.4 Å². The van der Waals surface area contributed by atoms with Gasteiger partial charge in [0.25, 0.3) is 11.8 Å². The van der Waals surface area contributed by atoms with Crippen molar-refractivity contribution in [1.29, 1.82) is 0 Å². The first-order valence-electron chi connectivity index (χ1n) is 11.3. The standard InChI is InChI=1S/C29H20Cl2N2O4/c1-36-25-13-11-21(17-7-3-5-9-19(17)25)28(34)33(27-23(30)15-32-16-24(27)31)29(35)22-12-14-26(37-2)20-10-6-4-8-18(20)22/h3-16H,1-2H3. The topological polar surface area (TPSA) is 68.7 Å². The molecular weight excluding hydrogens is 511 g/mol. The number of ether oxygens (including phenoxy) is 2. The minimum absolute atomic E-state index is 0.0492. The van der Waals surface area contributed by atoms with Gasteiger partial charge in [0.2, 0.25) is 0 Å². The van der Waals surface area contributed by atoms with Crippen molar-refractivity contribution in [3.8, 4) is 11.5 Å². The molecule has 0 aliphatic carbocycles. The number of fused-ring (bicyclic) bond motifs is 2. The Hall–Kier alpha value is -4.13. The van der Waals surface area contributed by atoms with Gasteiger partial charge < -0.3 is 9.47 Å². The van der Waals surface area contributed by atoms with Crippen LogP contribution in [0.3, 0.4) is 0 Å². The van der Waals surface area contributed by atoms with E-state index in [0.29, 0.717) is 22.3 Å². The van der Waals surface area contributed by atoms with E-state index < -0.39 is 11.8 Å². The van der Waals surface area contributed by atoms with E-state index in [2.05, 4.69) is 4.98 Å². The molecule has 0 atom stereocenters. The summed E-state index contributed by atoms with van der Waals surface area (Å²) in [5, 5.41) is 2.81. The average Bonchev–Trinajstić information content (AvgIpc) is 2.93. The highest BCUT2D eigenvalue weighted by Crippen LogP contribution is 2.38. The highest BCUT2D eigenvalue weighted by Gasteiger charge is 2.32. The van der Waals surface area contributed by atoms with Crippen LogP contribution < -0.4 is 14.4 Å². The molecule has 0 fully saturated rings. The Bertz CT molecular complexity index is 1570. The zero-order valence-electron chi connectivity index (χ0n) is 19.9. The van der Waals surface area contributed by atoms with E-state index in [0.717, 1.165) is 15.7 Å². The number of rotatable bonds is 5. The second-order valence-electron chi connectivity index (χ2n) is 8.12. The van der Waals surface area contributed by atoms with Gasteiger partial charge in [0.15, 0.2) is 0 Å². The number of carbonyl (C=O) groups is 2. The molecule has 0 saturated heterocycles. The number of halogens is 2. The molecular formula is C29H20Cl2N2O4. The van der Waals surface area contributed by atoms with Gasteiger partial charge >= 0.3 is 0 Å². The van der Waals surface area contributed by atoms with Crippen LogP contribution >= 0.6 is 23.2 Å². The van der Waals surface area contributed by atoms with Crippen molar-refractivity contribution in [1.82, 2.24) is 4.98 Å². The van der Waals surface area contributed by atoms with Crippen molar-refractivity contribution >= 4 is 62.2 Å². The van der Waals surface area contributed by atoms with Crippen molar-refractivity contribution < 1.29 is 19.1 Å². The number of anilines is 1. The lowest BCUT2D eigenvalue weighted by Crippen LogP contribution is -2.38. The number of methoxy groups -OCH3 is 2. The quantitative estimate of drug-likeness (QED) is 0.225. The van der Waals surface area contributed by atoms with Crippen LogP contribution in [0.25, 0.3) is 21.5 Å². The van der Waals surface area contributed by atoms with Gasteiger partial charge in [-0.3, -0.25) is 14.6 Å². The zero-order chi connectivity index (χ0) is 26.1. The van der Waals surface area contributed by atoms with Crippen LogP contribution in [0.15, 0.2) is 85.2 Å². The van der Waals surface area contributed by atoms with Crippen molar-refractivity contribution in [2.75, 3.05) is 19.1 Å². The number of carbonyl (C=O) groups excluding carboxylic acids is 2. The van der Waals surface area contributed by atoms with E-state index in [1.54, 1.807) is 50.6 Å². The molecule has 6 nitrogen and oxygen atoms in total. The van der Waals surface area contributed by atoms with Gasteiger partial charge in [0.1, 0.15) is 11.5 Å². The third-order valence-corrected chi connectivity index (χ3v) is 6.68. The van der Waals surface area contributed by atoms with Gasteiger partial charge in [-0.2, -0.15) is 0 Å². The van der Waals surface area contributed by atoms with Crippen molar-refractivity contribution in [2.45, 2.75) is 0 Å². The van der Waals surface area contributed by atoms with Gasteiger partial charge in [-0.15, -0.1) is 0 Å². The second-order valence-corrected chi connectivity index (χ2v) is 8.93. The number of benzene rings is 4. The van der Waals surface area contributed by atoms with E-state index in [-0.39, 0.29) is 26.9 Å². The fourth-order valence-corrected chi connectivity index (χ4v) is 4.96. The molecule has 0 aliphatic rings. The van der Waals surface area contributed by atoms with E-state index in [4.69, 9.17) is 32.7 Å². The summed E-state index contributed by atoms with van der Waals surface area (Å²) in [5.41, 5.74) is 0.617. The number of aromatic nitrogens is 1. The molecule has 4 aromatic carbocycles. The summed E-state index contributed by atoms with van der Waals surface area (Å²) < 4.78 is 11.0. The lowest BCUT2D eigenvalue weighted by Gasteiger charge is -2.24. The molecule has 37 heavy (non-hydrogen) atoms. The Morgan fingerprint density at radius 2 is 1.05 bits per heavy atom. The Morgan fingerprint density at radius 3 is 1.46 bits per heavy atom. The summed E-state index contributed by atoms with van der Waals surface area (Å²) in [6, 6.07) is 21.2. The molecule has 0 N–H and O–H groups in total. The third-order valence-electron chi connectivity index (χ3n) is 6.13. The van der Waals surface area contributed by atoms with Gasteiger partial charge in [-0.25, -0.2) is 4.90 Å². The Kier molecular flexibility index (Phi) is 6.70. The van der Waals surface area contributed by atoms with E-state index >= 15 is 0 Å². The van der Waals surface area contributed by atoms with E-state index in [9.17, 15) is 9.59 Å². The zero-order valence-corrected chi connectivity index (χ0v) is 21.4. The molecule has 0 spiro atoms. The number of imide groups is 1. The molecule has 8 heteroatoms. The molecule has 1 heterocycles. The molecule has 0 unspecified atom stereocenters. The normalized spacial score (nSPS) is 10.9. The van der Waals surface area contributed by atoms with Crippen LogP contribution in [0.2, 0.25) is 10.0 Å². The second kappa shape index (κ2) is 10.1. The number of pyridine rings is 1. The van der Waals surface area contributed by atoms with Gasteiger partial charge in [-0.05, 0) is 35.0 Å². The minimum Gasteiger partial charge on any atom is -0.496 e. The van der Waals surface area contributed by atoms with Crippen LogP contribution in [-0.4, -0.2) is 31.0 Å². The largest absolute Gasteiger partial charge is 0.496 e. The Labute approximate surface area is 223 Å². The number of hydrogen-bond acceptors (Lipinski definition) is 5. The van der Waals surface area contributed by atoms with Crippen LogP contribution in [0, 0.1) is 0 Å². The van der Waals surface area contributed by atoms with Crippen LogP contribution in [0.4, 0.5) is 5.69 Å². The molecule has 5 rings (SSSR count). The van der Waals surface area contributed by atoms with Crippen molar-refractivity contribution in [2.24, 2.45) is 0 Å². The lowest BCUT2D eigenvalue weighted by atomic mass is 10.00. The molecule has 1 aromatic heterocycles. The maximum atomic E-state index is 14.2. The summed E-state index contributed by atoms with van der Waals surface area (Å²) in [4.78, 5) is 33.5. The number of hydrogen-bond donors (Lipinski definition) is 0. The fourth-order valence-electron chi connectivity index (χ4n) is 4.43. The maximum absolute atomic E-state index is 14.2. The van der Waals surface area contributed by atoms with Crippen LogP contribution in [0.1, 0.15) is 20.7 Å². The summed E-state index contributed by atoms with van der Waals surface area (Å²) in [6.07, 6.45) is 2.68. The summed E-state index contributed by atoms with van der Waals surface area (Å²) in [6.45, 7) is 0. The van der Waals surface area contributed by atoms with Crippen molar-refractivity contribution in [3.63, 3.8) is 0 Å². The predicted molar refractivity (Wildman–Crippen MR) is 146 cm³/mol. The number of nitrogens with zero attached hydrogens (tertiary/aromatic N) is 2. The molecule has 5 aromatic rings. The fraction of sp³-hybridized carbons (Fsp3) is 0.0690. The minimum atomic E-state index is -0.598. The predicted octanol–water partition coefficient (Wildman–Crippen LogP) is 7.20. The highest BCUT2D eigenvalue weighted by molar-refractivity contribution is 6.43. The Balaban J connectivity index is 1.76. The summed E-state index contributed by atoms with van der Waals surface area (Å²) in [7, 11) is 3.12. The third kappa shape index (κ3) is 4.24. The molecule has 0 aliphatic heterocycles. The van der Waals surface area contributed by atoms with Gasteiger partial charge in [0.05, 0.1) is 30.0 Å². The van der Waals surface area contributed by atoms with Gasteiger partial charge in [-0.1, -0.05) is 71.7 Å².